The summed E-state index contributed by atoms with van der Waals surface area (Å²) in [6.07, 6.45) is -4.31. The standard InChI is InChI=1S/C34H27F5N2O4/c1-33(2)17-25-31(44-18-33)30(20-15-14-19(16-24(20)36)45-28-13-6-4-9-22(28)34(37,38)39)41(26-11-7-12-27(42)29(26)40-25)32(43)21-8-3-5-10-23(21)35/h3-16,30,40,42H,17-18H2,1-2H3. The van der Waals surface area contributed by atoms with Crippen LogP contribution in [0.25, 0.3) is 0 Å². The lowest BCUT2D eigenvalue weighted by atomic mass is 9.85. The molecule has 6 nitrogen and oxygen atoms in total. The number of benzene rings is 4. The van der Waals surface area contributed by atoms with E-state index in [1.165, 1.54) is 60.7 Å². The topological polar surface area (TPSA) is 71.0 Å². The number of anilines is 2. The predicted molar refractivity (Wildman–Crippen MR) is 157 cm³/mol. The molecule has 2 aliphatic heterocycles. The van der Waals surface area contributed by atoms with E-state index in [2.05, 4.69) is 5.32 Å². The van der Waals surface area contributed by atoms with E-state index < -0.39 is 41.1 Å². The van der Waals surface area contributed by atoms with E-state index in [1.807, 2.05) is 13.8 Å². The molecule has 45 heavy (non-hydrogen) atoms. The molecule has 6 rings (SSSR count). The molecule has 1 amide bonds. The number of nitrogens with zero attached hydrogens (tertiary/aromatic N) is 1. The SMILES string of the molecule is CC1(C)COC2=C(C1)Nc1c(O)cccc1N(C(=O)c1ccccc1F)C2c1ccc(Oc2ccccc2C(F)(F)F)cc1F. The minimum Gasteiger partial charge on any atom is -0.506 e. The number of phenolic OH excluding ortho intramolecular Hbond substituents is 1. The Hall–Kier alpha value is -5.06. The largest absolute Gasteiger partial charge is 0.506 e. The number of alkyl halides is 3. The van der Waals surface area contributed by atoms with E-state index in [1.54, 1.807) is 0 Å². The van der Waals surface area contributed by atoms with Crippen molar-refractivity contribution in [1.29, 1.82) is 0 Å². The average molecular weight is 623 g/mol. The third-order valence-corrected chi connectivity index (χ3v) is 7.64. The first kappa shape index (κ1) is 30.0. The molecule has 2 heterocycles. The highest BCUT2D eigenvalue weighted by atomic mass is 19.4. The average Bonchev–Trinajstić information content (AvgIpc) is 3.11. The minimum atomic E-state index is -4.70. The molecule has 1 atom stereocenters. The molecular weight excluding hydrogens is 595 g/mol. The molecule has 2 aliphatic rings. The van der Waals surface area contributed by atoms with Crippen molar-refractivity contribution in [2.45, 2.75) is 32.5 Å². The molecule has 11 heteroatoms. The van der Waals surface area contributed by atoms with Gasteiger partial charge in [-0.1, -0.05) is 44.2 Å². The fourth-order valence-electron chi connectivity index (χ4n) is 5.57. The van der Waals surface area contributed by atoms with Gasteiger partial charge in [-0.15, -0.1) is 0 Å². The van der Waals surface area contributed by atoms with Crippen molar-refractivity contribution in [3.63, 3.8) is 0 Å². The van der Waals surface area contributed by atoms with Crippen molar-refractivity contribution in [3.8, 4) is 17.2 Å². The molecule has 4 aromatic rings. The molecule has 0 saturated heterocycles. The van der Waals surface area contributed by atoms with Crippen LogP contribution in [0.15, 0.2) is 96.4 Å². The van der Waals surface area contributed by atoms with Gasteiger partial charge in [0.05, 0.1) is 29.1 Å². The Morgan fingerprint density at radius 2 is 1.71 bits per heavy atom. The van der Waals surface area contributed by atoms with E-state index in [4.69, 9.17) is 9.47 Å². The highest BCUT2D eigenvalue weighted by Crippen LogP contribution is 2.50. The number of hydrogen-bond acceptors (Lipinski definition) is 5. The van der Waals surface area contributed by atoms with Crippen LogP contribution in [0.5, 0.6) is 17.2 Å². The molecule has 0 aromatic heterocycles. The number of amides is 1. The fraction of sp³-hybridized carbons (Fsp3) is 0.206. The number of phenols is 1. The number of para-hydroxylation sites is 2. The van der Waals surface area contributed by atoms with E-state index in [0.29, 0.717) is 12.1 Å². The first-order chi connectivity index (χ1) is 21.3. The number of aromatic hydroxyl groups is 1. The van der Waals surface area contributed by atoms with E-state index in [0.717, 1.165) is 29.2 Å². The molecule has 4 aromatic carbocycles. The zero-order valence-corrected chi connectivity index (χ0v) is 24.1. The Balaban J connectivity index is 1.53. The van der Waals surface area contributed by atoms with Crippen LogP contribution in [-0.2, 0) is 10.9 Å². The molecule has 0 spiro atoms. The molecule has 232 valence electrons. The number of carbonyl (C=O) groups is 1. The van der Waals surface area contributed by atoms with Gasteiger partial charge >= 0.3 is 6.18 Å². The number of rotatable bonds is 4. The predicted octanol–water partition coefficient (Wildman–Crippen LogP) is 8.95. The van der Waals surface area contributed by atoms with Gasteiger partial charge in [-0.2, -0.15) is 13.2 Å². The monoisotopic (exact) mass is 622 g/mol. The second-order valence-electron chi connectivity index (χ2n) is 11.6. The number of fused-ring (bicyclic) bond motifs is 1. The van der Waals surface area contributed by atoms with Crippen LogP contribution >= 0.6 is 0 Å². The number of carbonyl (C=O) groups excluding carboxylic acids is 1. The van der Waals surface area contributed by atoms with Crippen LogP contribution in [0, 0.1) is 17.0 Å². The lowest BCUT2D eigenvalue weighted by Crippen LogP contribution is -2.39. The molecule has 2 N–H and O–H groups in total. The van der Waals surface area contributed by atoms with Gasteiger partial charge in [-0.3, -0.25) is 9.69 Å². The highest BCUT2D eigenvalue weighted by molar-refractivity contribution is 6.09. The Morgan fingerprint density at radius 3 is 2.44 bits per heavy atom. The van der Waals surface area contributed by atoms with Gasteiger partial charge < -0.3 is 19.9 Å². The maximum Gasteiger partial charge on any atom is 0.419 e. The molecule has 1 unspecified atom stereocenters. The van der Waals surface area contributed by atoms with Crippen LogP contribution in [0.2, 0.25) is 0 Å². The van der Waals surface area contributed by atoms with Crippen LogP contribution in [-0.4, -0.2) is 17.6 Å². The summed E-state index contributed by atoms with van der Waals surface area (Å²) in [7, 11) is 0. The van der Waals surface area contributed by atoms with Gasteiger partial charge in [0, 0.05) is 17.0 Å². The molecule has 0 fully saturated rings. The summed E-state index contributed by atoms with van der Waals surface area (Å²) in [6.45, 7) is 4.11. The molecule has 0 saturated carbocycles. The minimum absolute atomic E-state index is 0.0960. The van der Waals surface area contributed by atoms with Crippen molar-refractivity contribution < 1.29 is 41.3 Å². The Morgan fingerprint density at radius 1 is 0.978 bits per heavy atom. The van der Waals surface area contributed by atoms with Crippen LogP contribution in [0.3, 0.4) is 0 Å². The Kier molecular flexibility index (Phi) is 7.42. The highest BCUT2D eigenvalue weighted by Gasteiger charge is 2.43. The summed E-state index contributed by atoms with van der Waals surface area (Å²) in [5.74, 6) is -3.34. The quantitative estimate of drug-likeness (QED) is 0.176. The van der Waals surface area contributed by atoms with Crippen molar-refractivity contribution in [1.82, 2.24) is 0 Å². The van der Waals surface area contributed by atoms with Crippen LogP contribution < -0.4 is 15.0 Å². The second-order valence-corrected chi connectivity index (χ2v) is 11.6. The first-order valence-corrected chi connectivity index (χ1v) is 14.0. The number of nitrogens with one attached hydrogen (secondary N) is 1. The lowest BCUT2D eigenvalue weighted by Gasteiger charge is -2.38. The van der Waals surface area contributed by atoms with Gasteiger partial charge in [-0.05, 0) is 55.0 Å². The van der Waals surface area contributed by atoms with Gasteiger partial charge in [-0.25, -0.2) is 8.78 Å². The van der Waals surface area contributed by atoms with Crippen LogP contribution in [0.4, 0.5) is 33.3 Å². The first-order valence-electron chi connectivity index (χ1n) is 14.0. The summed E-state index contributed by atoms with van der Waals surface area (Å²) in [5, 5.41) is 14.1. The Bertz CT molecular complexity index is 1840. The molecule has 0 radical (unpaired) electrons. The maximum atomic E-state index is 16.2. The summed E-state index contributed by atoms with van der Waals surface area (Å²) >= 11 is 0. The van der Waals surface area contributed by atoms with E-state index in [9.17, 15) is 23.1 Å². The molecule has 0 bridgehead atoms. The van der Waals surface area contributed by atoms with Gasteiger partial charge in [0.2, 0.25) is 0 Å². The van der Waals surface area contributed by atoms with Gasteiger partial charge in [0.1, 0.15) is 46.4 Å². The number of halogens is 5. The molecular formula is C34H27F5N2O4. The smallest absolute Gasteiger partial charge is 0.419 e. The Labute approximate surface area is 255 Å². The summed E-state index contributed by atoms with van der Waals surface area (Å²) < 4.78 is 83.7. The summed E-state index contributed by atoms with van der Waals surface area (Å²) in [4.78, 5) is 15.4. The normalized spacial score (nSPS) is 17.4. The number of allylic oxidation sites excluding steroid dienone is 1. The van der Waals surface area contributed by atoms with E-state index >= 15 is 8.78 Å². The molecule has 0 aliphatic carbocycles. The zero-order chi connectivity index (χ0) is 32.1. The van der Waals surface area contributed by atoms with Gasteiger partial charge in [0.25, 0.3) is 5.91 Å². The summed E-state index contributed by atoms with van der Waals surface area (Å²) in [6, 6.07) is 16.5. The van der Waals surface area contributed by atoms with E-state index in [-0.39, 0.29) is 51.8 Å². The maximum absolute atomic E-state index is 16.2. The third kappa shape index (κ3) is 5.65. The van der Waals surface area contributed by atoms with Crippen LogP contribution in [0.1, 0.15) is 47.8 Å². The number of ether oxygens (including phenoxy) is 2. The third-order valence-electron chi connectivity index (χ3n) is 7.64. The summed E-state index contributed by atoms with van der Waals surface area (Å²) in [5.41, 5.74) is -1.07. The van der Waals surface area contributed by atoms with Crippen molar-refractivity contribution in [3.05, 3.63) is 125 Å². The fourth-order valence-corrected chi connectivity index (χ4v) is 5.57. The second kappa shape index (κ2) is 11.1. The van der Waals surface area contributed by atoms with Crippen molar-refractivity contribution in [2.75, 3.05) is 16.8 Å². The van der Waals surface area contributed by atoms with Crippen molar-refractivity contribution >= 4 is 17.3 Å². The number of hydrogen-bond donors (Lipinski definition) is 2. The lowest BCUT2D eigenvalue weighted by molar-refractivity contribution is -0.138. The van der Waals surface area contributed by atoms with Gasteiger partial charge in [0.15, 0.2) is 0 Å². The van der Waals surface area contributed by atoms with Crippen molar-refractivity contribution in [2.24, 2.45) is 5.41 Å². The zero-order valence-electron chi connectivity index (χ0n) is 24.1.